The van der Waals surface area contributed by atoms with E-state index in [0.29, 0.717) is 10.1 Å². The van der Waals surface area contributed by atoms with Gasteiger partial charge in [0.05, 0.1) is 0 Å². The average Bonchev–Trinajstić information content (AvgIpc) is 1.99. The lowest BCUT2D eigenvalue weighted by Crippen LogP contribution is -2.38. The van der Waals surface area contributed by atoms with Gasteiger partial charge in [-0.25, -0.2) is 0 Å². The molecule has 15 heavy (non-hydrogen) atoms. The van der Waals surface area contributed by atoms with Crippen molar-refractivity contribution in [1.82, 2.24) is 0 Å². The summed E-state index contributed by atoms with van der Waals surface area (Å²) in [4.78, 5) is 0. The van der Waals surface area contributed by atoms with Gasteiger partial charge in [-0.1, -0.05) is 61.3 Å². The van der Waals surface area contributed by atoms with Gasteiger partial charge in [0, 0.05) is 6.61 Å². The Labute approximate surface area is 98.3 Å². The SMILES string of the molecule is CCCCCO[SiH](C(C)(C)C)C(C)(C)C. The van der Waals surface area contributed by atoms with Crippen molar-refractivity contribution in [1.29, 1.82) is 0 Å². The van der Waals surface area contributed by atoms with Gasteiger partial charge in [0.1, 0.15) is 0 Å². The predicted octanol–water partition coefficient (Wildman–Crippen LogP) is 4.52. The first-order valence-corrected chi connectivity index (χ1v) is 7.93. The van der Waals surface area contributed by atoms with Crippen molar-refractivity contribution in [3.63, 3.8) is 0 Å². The van der Waals surface area contributed by atoms with E-state index < -0.39 is 9.04 Å². The van der Waals surface area contributed by atoms with Gasteiger partial charge >= 0.3 is 0 Å². The van der Waals surface area contributed by atoms with E-state index in [1.165, 1.54) is 19.3 Å². The summed E-state index contributed by atoms with van der Waals surface area (Å²) >= 11 is 0. The van der Waals surface area contributed by atoms with Gasteiger partial charge in [0.2, 0.25) is 0 Å². The van der Waals surface area contributed by atoms with Crippen LogP contribution in [0.25, 0.3) is 0 Å². The van der Waals surface area contributed by atoms with Crippen molar-refractivity contribution in [2.75, 3.05) is 6.61 Å². The van der Waals surface area contributed by atoms with E-state index in [4.69, 9.17) is 4.43 Å². The highest BCUT2D eigenvalue weighted by atomic mass is 28.3. The monoisotopic (exact) mass is 230 g/mol. The molecular formula is C13H30OSi. The molecule has 0 aliphatic carbocycles. The molecule has 0 saturated heterocycles. The van der Waals surface area contributed by atoms with Gasteiger partial charge in [-0.2, -0.15) is 0 Å². The van der Waals surface area contributed by atoms with Crippen molar-refractivity contribution in [3.05, 3.63) is 0 Å². The Balaban J connectivity index is 4.17. The molecule has 0 fully saturated rings. The van der Waals surface area contributed by atoms with Crippen LogP contribution in [0.4, 0.5) is 0 Å². The molecule has 0 aliphatic heterocycles. The third-order valence-electron chi connectivity index (χ3n) is 2.61. The topological polar surface area (TPSA) is 9.23 Å². The zero-order chi connectivity index (χ0) is 12.1. The van der Waals surface area contributed by atoms with Crippen LogP contribution in [0.2, 0.25) is 10.1 Å². The molecule has 2 heteroatoms. The van der Waals surface area contributed by atoms with Gasteiger partial charge in [-0.05, 0) is 16.5 Å². The van der Waals surface area contributed by atoms with Crippen molar-refractivity contribution < 1.29 is 4.43 Å². The predicted molar refractivity (Wildman–Crippen MR) is 72.1 cm³/mol. The van der Waals surface area contributed by atoms with Crippen LogP contribution in [0.3, 0.4) is 0 Å². The summed E-state index contributed by atoms with van der Waals surface area (Å²) < 4.78 is 6.21. The molecule has 0 spiro atoms. The zero-order valence-electron chi connectivity index (χ0n) is 11.8. The highest BCUT2D eigenvalue weighted by Crippen LogP contribution is 2.42. The van der Waals surface area contributed by atoms with E-state index in [1.807, 2.05) is 0 Å². The van der Waals surface area contributed by atoms with Crippen LogP contribution in [0.1, 0.15) is 67.7 Å². The molecule has 0 aromatic rings. The van der Waals surface area contributed by atoms with E-state index >= 15 is 0 Å². The summed E-state index contributed by atoms with van der Waals surface area (Å²) in [5.74, 6) is 0. The first-order valence-electron chi connectivity index (χ1n) is 6.31. The summed E-state index contributed by atoms with van der Waals surface area (Å²) in [5, 5.41) is 0.731. The third kappa shape index (κ3) is 6.36. The molecule has 0 unspecified atom stereocenters. The van der Waals surface area contributed by atoms with E-state index in [2.05, 4.69) is 48.5 Å². The maximum Gasteiger partial charge on any atom is 0.187 e. The van der Waals surface area contributed by atoms with Crippen molar-refractivity contribution >= 4 is 9.04 Å². The fourth-order valence-corrected chi connectivity index (χ4v) is 6.35. The van der Waals surface area contributed by atoms with Crippen LogP contribution < -0.4 is 0 Å². The fraction of sp³-hybridized carbons (Fsp3) is 1.00. The largest absolute Gasteiger partial charge is 0.419 e. The molecule has 0 bridgehead atoms. The second-order valence-electron chi connectivity index (χ2n) is 6.69. The van der Waals surface area contributed by atoms with Gasteiger partial charge in [0.25, 0.3) is 0 Å². The van der Waals surface area contributed by atoms with E-state index in [1.54, 1.807) is 0 Å². The molecule has 0 amide bonds. The van der Waals surface area contributed by atoms with E-state index in [0.717, 1.165) is 6.61 Å². The first-order chi connectivity index (χ1) is 6.69. The Morgan fingerprint density at radius 1 is 0.867 bits per heavy atom. The number of hydrogen-bond donors (Lipinski definition) is 0. The van der Waals surface area contributed by atoms with Crippen LogP contribution in [0, 0.1) is 0 Å². The number of unbranched alkanes of at least 4 members (excludes halogenated alkanes) is 2. The highest BCUT2D eigenvalue weighted by molar-refractivity contribution is 6.58. The van der Waals surface area contributed by atoms with Crippen LogP contribution >= 0.6 is 0 Å². The van der Waals surface area contributed by atoms with Crippen LogP contribution in [0.5, 0.6) is 0 Å². The van der Waals surface area contributed by atoms with Crippen molar-refractivity contribution in [2.45, 2.75) is 77.8 Å². The summed E-state index contributed by atoms with van der Waals surface area (Å²) in [6, 6.07) is 0. The zero-order valence-corrected chi connectivity index (χ0v) is 13.0. The van der Waals surface area contributed by atoms with Gasteiger partial charge < -0.3 is 4.43 Å². The second kappa shape index (κ2) is 6.05. The lowest BCUT2D eigenvalue weighted by molar-refractivity contribution is 0.274. The van der Waals surface area contributed by atoms with Gasteiger partial charge in [-0.3, -0.25) is 0 Å². The Hall–Kier alpha value is 0.177. The quantitative estimate of drug-likeness (QED) is 0.498. The maximum atomic E-state index is 6.21. The van der Waals surface area contributed by atoms with Crippen molar-refractivity contribution in [2.24, 2.45) is 0 Å². The molecule has 0 atom stereocenters. The normalized spacial score (nSPS) is 13.6. The summed E-state index contributed by atoms with van der Waals surface area (Å²) in [5.41, 5.74) is 0. The van der Waals surface area contributed by atoms with E-state index in [9.17, 15) is 0 Å². The fourth-order valence-electron chi connectivity index (χ4n) is 2.35. The summed E-state index contributed by atoms with van der Waals surface area (Å²) in [6.07, 6.45) is 3.81. The molecule has 0 saturated carbocycles. The highest BCUT2D eigenvalue weighted by Gasteiger charge is 2.37. The van der Waals surface area contributed by atoms with E-state index in [-0.39, 0.29) is 0 Å². The second-order valence-corrected chi connectivity index (χ2v) is 11.2. The standard InChI is InChI=1S/C13H30OSi/c1-8-9-10-11-14-15(12(2,3)4)13(5,6)7/h15H,8-11H2,1-7H3. The molecule has 1 nitrogen and oxygen atoms in total. The molecule has 92 valence electrons. The van der Waals surface area contributed by atoms with Crippen molar-refractivity contribution in [3.8, 4) is 0 Å². The Kier molecular flexibility index (Phi) is 6.12. The minimum absolute atomic E-state index is 0.366. The maximum absolute atomic E-state index is 6.21. The Morgan fingerprint density at radius 3 is 1.67 bits per heavy atom. The lowest BCUT2D eigenvalue weighted by Gasteiger charge is -2.38. The summed E-state index contributed by atoms with van der Waals surface area (Å²) in [6.45, 7) is 17.2. The lowest BCUT2D eigenvalue weighted by atomic mass is 10.2. The van der Waals surface area contributed by atoms with Gasteiger partial charge in [0.15, 0.2) is 9.04 Å². The minimum atomic E-state index is -1.15. The molecule has 0 aromatic heterocycles. The smallest absolute Gasteiger partial charge is 0.187 e. The Bertz CT molecular complexity index is 150. The Morgan fingerprint density at radius 2 is 1.33 bits per heavy atom. The number of rotatable bonds is 5. The summed E-state index contributed by atoms with van der Waals surface area (Å²) in [7, 11) is -1.15. The molecule has 0 aromatic carbocycles. The first kappa shape index (κ1) is 15.2. The molecule has 0 rings (SSSR count). The third-order valence-corrected chi connectivity index (χ3v) is 6.32. The molecule has 0 heterocycles. The number of hydrogen-bond acceptors (Lipinski definition) is 1. The molecule has 0 radical (unpaired) electrons. The minimum Gasteiger partial charge on any atom is -0.419 e. The molecule has 0 aliphatic rings. The van der Waals surface area contributed by atoms with Crippen LogP contribution in [-0.2, 0) is 4.43 Å². The van der Waals surface area contributed by atoms with Gasteiger partial charge in [-0.15, -0.1) is 0 Å². The van der Waals surface area contributed by atoms with Crippen LogP contribution in [0.15, 0.2) is 0 Å². The molecular weight excluding hydrogens is 200 g/mol. The van der Waals surface area contributed by atoms with Crippen LogP contribution in [-0.4, -0.2) is 15.6 Å². The average molecular weight is 230 g/mol. The molecule has 0 N–H and O–H groups in total.